The number of nitrogens with zero attached hydrogens (tertiary/aromatic N) is 2. The first-order chi connectivity index (χ1) is 7.75. The van der Waals surface area contributed by atoms with Crippen LogP contribution >= 0.6 is 11.8 Å². The lowest BCUT2D eigenvalue weighted by atomic mass is 10.4. The van der Waals surface area contributed by atoms with Crippen molar-refractivity contribution in [2.45, 2.75) is 17.9 Å². The van der Waals surface area contributed by atoms with Crippen LogP contribution in [0.2, 0.25) is 0 Å². The molecule has 1 aliphatic heterocycles. The van der Waals surface area contributed by atoms with E-state index >= 15 is 0 Å². The van der Waals surface area contributed by atoms with Crippen LogP contribution in [0.5, 0.6) is 0 Å². The molecule has 0 aromatic carbocycles. The molecule has 2 rings (SSSR count). The van der Waals surface area contributed by atoms with Crippen LogP contribution < -0.4 is 11.2 Å². The Balaban J connectivity index is 1.84. The summed E-state index contributed by atoms with van der Waals surface area (Å²) in [4.78, 5) is 26.6. The topological polar surface area (TPSA) is 81.8 Å². The molecule has 2 N–H and O–H groups in total. The molecule has 0 amide bonds. The van der Waals surface area contributed by atoms with E-state index in [1.807, 2.05) is 0 Å². The number of thioether (sulfide) groups is 1. The summed E-state index contributed by atoms with van der Waals surface area (Å²) in [5.41, 5.74) is -0.968. The minimum absolute atomic E-state index is 0.332. The van der Waals surface area contributed by atoms with Crippen molar-refractivity contribution >= 4 is 11.8 Å². The third-order valence-electron chi connectivity index (χ3n) is 2.53. The molecule has 2 heterocycles. The van der Waals surface area contributed by atoms with Crippen molar-refractivity contribution in [2.24, 2.45) is 0 Å². The first-order valence-corrected chi connectivity index (χ1v) is 6.28. The van der Waals surface area contributed by atoms with Gasteiger partial charge in [0.1, 0.15) is 0 Å². The van der Waals surface area contributed by atoms with Gasteiger partial charge in [-0.25, -0.2) is 9.89 Å². The Morgan fingerprint density at radius 3 is 2.75 bits per heavy atom. The molecular formula is C9H14N4O2S. The molecule has 1 aromatic rings. The Labute approximate surface area is 96.4 Å². The third-order valence-corrected chi connectivity index (χ3v) is 3.46. The Morgan fingerprint density at radius 1 is 1.31 bits per heavy atom. The molecule has 1 saturated heterocycles. The van der Waals surface area contributed by atoms with Crippen molar-refractivity contribution in [2.75, 3.05) is 25.4 Å². The molecule has 0 radical (unpaired) electrons. The second-order valence-corrected chi connectivity index (χ2v) is 4.79. The molecule has 0 aliphatic carbocycles. The second-order valence-electron chi connectivity index (χ2n) is 3.71. The molecule has 16 heavy (non-hydrogen) atoms. The van der Waals surface area contributed by atoms with Crippen molar-refractivity contribution in [3.63, 3.8) is 0 Å². The van der Waals surface area contributed by atoms with Gasteiger partial charge in [-0.3, -0.25) is 9.78 Å². The lowest BCUT2D eigenvalue weighted by Gasteiger charge is -2.12. The predicted octanol–water partition coefficient (Wildman–Crippen LogP) is -0.354. The number of aromatic nitrogens is 3. The predicted molar refractivity (Wildman–Crippen MR) is 61.9 cm³/mol. The lowest BCUT2D eigenvalue weighted by Crippen LogP contribution is -2.26. The summed E-state index contributed by atoms with van der Waals surface area (Å²) in [5, 5.41) is 6.26. The number of rotatable bonds is 4. The molecular weight excluding hydrogens is 228 g/mol. The van der Waals surface area contributed by atoms with E-state index in [2.05, 4.69) is 20.1 Å². The van der Waals surface area contributed by atoms with Gasteiger partial charge >= 0.3 is 5.69 Å². The lowest BCUT2D eigenvalue weighted by molar-refractivity contribution is 0.362. The van der Waals surface area contributed by atoms with Crippen LogP contribution in [0.25, 0.3) is 0 Å². The van der Waals surface area contributed by atoms with Crippen molar-refractivity contribution in [1.82, 2.24) is 20.1 Å². The molecule has 0 spiro atoms. The number of likely N-dealkylation sites (tertiary alicyclic amines) is 1. The van der Waals surface area contributed by atoms with E-state index in [1.165, 1.54) is 24.6 Å². The van der Waals surface area contributed by atoms with E-state index in [4.69, 9.17) is 0 Å². The van der Waals surface area contributed by atoms with Crippen molar-refractivity contribution in [1.29, 1.82) is 0 Å². The van der Waals surface area contributed by atoms with Crippen LogP contribution in [0, 0.1) is 0 Å². The van der Waals surface area contributed by atoms with Crippen molar-refractivity contribution in [3.05, 3.63) is 20.8 Å². The number of hydrogen-bond donors (Lipinski definition) is 2. The summed E-state index contributed by atoms with van der Waals surface area (Å²) in [6, 6.07) is 0. The van der Waals surface area contributed by atoms with Gasteiger partial charge in [-0.2, -0.15) is 5.10 Å². The fourth-order valence-corrected chi connectivity index (χ4v) is 2.55. The highest BCUT2D eigenvalue weighted by Crippen LogP contribution is 2.12. The molecule has 6 nitrogen and oxygen atoms in total. The normalized spacial score (nSPS) is 16.8. The van der Waals surface area contributed by atoms with Crippen molar-refractivity contribution in [3.8, 4) is 0 Å². The largest absolute Gasteiger partial charge is 0.342 e. The average molecular weight is 242 g/mol. The highest BCUT2D eigenvalue weighted by Gasteiger charge is 2.11. The summed E-state index contributed by atoms with van der Waals surface area (Å²) < 4.78 is 0. The summed E-state index contributed by atoms with van der Waals surface area (Å²) in [6.45, 7) is 3.26. The van der Waals surface area contributed by atoms with Crippen LogP contribution in [0.4, 0.5) is 0 Å². The molecule has 7 heteroatoms. The highest BCUT2D eigenvalue weighted by molar-refractivity contribution is 7.99. The Bertz CT molecular complexity index is 449. The standard InChI is InChI=1S/C9H14N4O2S/c14-7-8(11-12-9(15)10-7)16-6-5-13-3-1-2-4-13/h1-6H2,(H2,10,12,14,15). The van der Waals surface area contributed by atoms with E-state index in [1.54, 1.807) is 0 Å². The van der Waals surface area contributed by atoms with Gasteiger partial charge in [0.05, 0.1) is 0 Å². The van der Waals surface area contributed by atoms with Gasteiger partial charge in [0.15, 0.2) is 5.03 Å². The van der Waals surface area contributed by atoms with Crippen LogP contribution in [0.3, 0.4) is 0 Å². The third kappa shape index (κ3) is 2.96. The number of H-pyrrole nitrogens is 2. The highest BCUT2D eigenvalue weighted by atomic mass is 32.2. The van der Waals surface area contributed by atoms with Crippen molar-refractivity contribution < 1.29 is 0 Å². The molecule has 0 saturated carbocycles. The maximum absolute atomic E-state index is 11.3. The van der Waals surface area contributed by atoms with E-state index in [9.17, 15) is 9.59 Å². The Morgan fingerprint density at radius 2 is 2.06 bits per heavy atom. The zero-order valence-corrected chi connectivity index (χ0v) is 9.68. The first kappa shape index (κ1) is 11.4. The monoisotopic (exact) mass is 242 g/mol. The van der Waals surface area contributed by atoms with Gasteiger partial charge in [0.25, 0.3) is 5.56 Å². The SMILES string of the molecule is O=c1[nH]nc(SCCN2CCCC2)c(=O)[nH]1. The second kappa shape index (κ2) is 5.31. The van der Waals surface area contributed by atoms with Crippen LogP contribution in [0.15, 0.2) is 14.6 Å². The molecule has 1 fully saturated rings. The smallest absolute Gasteiger partial charge is 0.303 e. The minimum Gasteiger partial charge on any atom is -0.303 e. The Hall–Kier alpha value is -1.08. The maximum atomic E-state index is 11.3. The number of aromatic amines is 2. The fourth-order valence-electron chi connectivity index (χ4n) is 1.71. The van der Waals surface area contributed by atoms with Gasteiger partial charge in [-0.1, -0.05) is 11.8 Å². The summed E-state index contributed by atoms with van der Waals surface area (Å²) in [6.07, 6.45) is 2.53. The van der Waals surface area contributed by atoms with Gasteiger partial charge in [0.2, 0.25) is 0 Å². The number of hydrogen-bond acceptors (Lipinski definition) is 5. The van der Waals surface area contributed by atoms with Gasteiger partial charge in [-0.15, -0.1) is 0 Å². The zero-order valence-electron chi connectivity index (χ0n) is 8.86. The summed E-state index contributed by atoms with van der Waals surface area (Å²) in [7, 11) is 0. The van der Waals surface area contributed by atoms with Gasteiger partial charge < -0.3 is 4.90 Å². The summed E-state index contributed by atoms with van der Waals surface area (Å²) in [5.74, 6) is 0.822. The maximum Gasteiger partial charge on any atom is 0.342 e. The van der Waals surface area contributed by atoms with Crippen LogP contribution in [0.1, 0.15) is 12.8 Å². The van der Waals surface area contributed by atoms with Crippen LogP contribution in [-0.4, -0.2) is 45.5 Å². The van der Waals surface area contributed by atoms with Crippen LogP contribution in [-0.2, 0) is 0 Å². The van der Waals surface area contributed by atoms with E-state index < -0.39 is 11.2 Å². The molecule has 0 bridgehead atoms. The molecule has 0 atom stereocenters. The first-order valence-electron chi connectivity index (χ1n) is 5.30. The summed E-state index contributed by atoms with van der Waals surface area (Å²) >= 11 is 1.38. The molecule has 1 aromatic heterocycles. The zero-order chi connectivity index (χ0) is 11.4. The van der Waals surface area contributed by atoms with E-state index in [0.29, 0.717) is 5.03 Å². The molecule has 1 aliphatic rings. The average Bonchev–Trinajstić information content (AvgIpc) is 2.74. The quantitative estimate of drug-likeness (QED) is 0.705. The fraction of sp³-hybridized carbons (Fsp3) is 0.667. The molecule has 88 valence electrons. The molecule has 0 unspecified atom stereocenters. The Kier molecular flexibility index (Phi) is 3.79. The van der Waals surface area contributed by atoms with E-state index in [-0.39, 0.29) is 0 Å². The minimum atomic E-state index is -0.561. The van der Waals surface area contributed by atoms with Gasteiger partial charge in [0, 0.05) is 12.3 Å². The van der Waals surface area contributed by atoms with Gasteiger partial charge in [-0.05, 0) is 25.9 Å². The van der Waals surface area contributed by atoms with E-state index in [0.717, 1.165) is 25.4 Å². The number of nitrogens with one attached hydrogen (secondary N) is 2.